The van der Waals surface area contributed by atoms with E-state index in [1.807, 2.05) is 0 Å². The molecule has 1 aliphatic rings. The van der Waals surface area contributed by atoms with E-state index in [4.69, 9.17) is 0 Å². The molecular weight excluding hydrogens is 210 g/mol. The second kappa shape index (κ2) is 5.85. The van der Waals surface area contributed by atoms with Crippen LogP contribution in [0.2, 0.25) is 0 Å². The Hall–Kier alpha value is -0.0900. The summed E-state index contributed by atoms with van der Waals surface area (Å²) in [5.41, 5.74) is 0. The summed E-state index contributed by atoms with van der Waals surface area (Å²) in [6, 6.07) is 0.675. The van der Waals surface area contributed by atoms with Crippen molar-refractivity contribution in [2.75, 3.05) is 18.1 Å². The maximum atomic E-state index is 11.2. The van der Waals surface area contributed by atoms with Gasteiger partial charge in [0.2, 0.25) is 0 Å². The van der Waals surface area contributed by atoms with E-state index >= 15 is 0 Å². The van der Waals surface area contributed by atoms with Crippen molar-refractivity contribution < 1.29 is 8.42 Å². The monoisotopic (exact) mass is 233 g/mol. The van der Waals surface area contributed by atoms with Crippen LogP contribution in [0, 0.1) is 5.92 Å². The van der Waals surface area contributed by atoms with Crippen molar-refractivity contribution in [2.24, 2.45) is 5.92 Å². The Morgan fingerprint density at radius 3 is 2.67 bits per heavy atom. The van der Waals surface area contributed by atoms with Gasteiger partial charge in [-0.2, -0.15) is 0 Å². The van der Waals surface area contributed by atoms with Crippen LogP contribution in [0.4, 0.5) is 0 Å². The van der Waals surface area contributed by atoms with E-state index in [9.17, 15) is 8.42 Å². The first-order valence-electron chi connectivity index (χ1n) is 6.03. The highest BCUT2D eigenvalue weighted by Gasteiger charge is 2.34. The molecule has 0 amide bonds. The van der Waals surface area contributed by atoms with Crippen LogP contribution in [0.25, 0.3) is 0 Å². The van der Waals surface area contributed by atoms with Gasteiger partial charge in [0, 0.05) is 11.8 Å². The largest absolute Gasteiger partial charge is 0.314 e. The highest BCUT2D eigenvalue weighted by molar-refractivity contribution is 7.91. The van der Waals surface area contributed by atoms with Gasteiger partial charge in [-0.3, -0.25) is 0 Å². The molecule has 4 heteroatoms. The summed E-state index contributed by atoms with van der Waals surface area (Å²) < 4.78 is 22.4. The Morgan fingerprint density at radius 1 is 1.33 bits per heavy atom. The van der Waals surface area contributed by atoms with Crippen LogP contribution in [0.5, 0.6) is 0 Å². The van der Waals surface area contributed by atoms with Crippen molar-refractivity contribution in [1.29, 1.82) is 0 Å². The summed E-state index contributed by atoms with van der Waals surface area (Å²) in [6.07, 6.45) is 4.61. The Kier molecular flexibility index (Phi) is 5.06. The van der Waals surface area contributed by atoms with E-state index in [-0.39, 0.29) is 5.75 Å². The van der Waals surface area contributed by atoms with Crippen LogP contribution in [0.15, 0.2) is 0 Å². The third-order valence-electron chi connectivity index (χ3n) is 3.06. The van der Waals surface area contributed by atoms with E-state index in [0.717, 1.165) is 18.9 Å². The molecule has 15 heavy (non-hydrogen) atoms. The summed E-state index contributed by atoms with van der Waals surface area (Å²) in [5, 5.41) is 3.42. The molecule has 0 aromatic rings. The van der Waals surface area contributed by atoms with E-state index in [2.05, 4.69) is 12.2 Å². The van der Waals surface area contributed by atoms with Gasteiger partial charge in [0.15, 0.2) is 0 Å². The van der Waals surface area contributed by atoms with Gasteiger partial charge < -0.3 is 5.32 Å². The van der Waals surface area contributed by atoms with Crippen molar-refractivity contribution in [1.82, 2.24) is 5.32 Å². The zero-order chi connectivity index (χ0) is 11.3. The summed E-state index contributed by atoms with van der Waals surface area (Å²) >= 11 is 0. The maximum absolute atomic E-state index is 11.2. The van der Waals surface area contributed by atoms with Crippen molar-refractivity contribution >= 4 is 9.84 Å². The number of sulfone groups is 1. The molecule has 1 N–H and O–H groups in total. The third-order valence-corrected chi connectivity index (χ3v) is 4.85. The normalized spacial score (nSPS) is 25.5. The van der Waals surface area contributed by atoms with E-state index in [0.29, 0.717) is 11.8 Å². The lowest BCUT2D eigenvalue weighted by atomic mass is 10.2. The smallest absolute Gasteiger partial charge is 0.150 e. The first-order chi connectivity index (χ1) is 7.09. The van der Waals surface area contributed by atoms with Crippen molar-refractivity contribution in [3.8, 4) is 0 Å². The second-order valence-corrected chi connectivity index (χ2v) is 6.91. The topological polar surface area (TPSA) is 46.2 Å². The minimum absolute atomic E-state index is 0.273. The Bertz CT molecular complexity index is 274. The summed E-state index contributed by atoms with van der Waals surface area (Å²) in [6.45, 7) is 4.77. The zero-order valence-electron chi connectivity index (χ0n) is 9.83. The Balaban J connectivity index is 1.99. The molecule has 0 radical (unpaired) electrons. The summed E-state index contributed by atoms with van der Waals surface area (Å²) in [7, 11) is -2.76. The van der Waals surface area contributed by atoms with Crippen molar-refractivity contribution in [3.05, 3.63) is 0 Å². The molecule has 0 aromatic heterocycles. The third kappa shape index (κ3) is 4.98. The molecule has 2 atom stereocenters. The van der Waals surface area contributed by atoms with Gasteiger partial charge in [-0.15, -0.1) is 0 Å². The first-order valence-corrected chi connectivity index (χ1v) is 7.85. The fourth-order valence-electron chi connectivity index (χ4n) is 1.91. The lowest BCUT2D eigenvalue weighted by molar-refractivity contribution is 0.578. The molecule has 0 aliphatic heterocycles. The molecule has 2 unspecified atom stereocenters. The predicted octanol–water partition coefficient (Wildman–Crippen LogP) is 1.59. The number of hydrogen-bond donors (Lipinski definition) is 1. The molecule has 0 spiro atoms. The van der Waals surface area contributed by atoms with Gasteiger partial charge >= 0.3 is 0 Å². The van der Waals surface area contributed by atoms with Gasteiger partial charge in [-0.25, -0.2) is 8.42 Å². The van der Waals surface area contributed by atoms with E-state index in [1.165, 1.54) is 19.3 Å². The molecule has 1 rings (SSSR count). The first kappa shape index (κ1) is 13.0. The van der Waals surface area contributed by atoms with Gasteiger partial charge in [0.1, 0.15) is 9.84 Å². The number of nitrogens with one attached hydrogen (secondary N) is 1. The van der Waals surface area contributed by atoms with Gasteiger partial charge in [-0.05, 0) is 31.7 Å². The summed E-state index contributed by atoms with van der Waals surface area (Å²) in [4.78, 5) is 0. The average Bonchev–Trinajstić information content (AvgIpc) is 2.92. The molecule has 1 saturated carbocycles. The van der Waals surface area contributed by atoms with Crippen LogP contribution in [-0.4, -0.2) is 32.5 Å². The quantitative estimate of drug-likeness (QED) is 0.648. The van der Waals surface area contributed by atoms with Crippen molar-refractivity contribution in [3.63, 3.8) is 0 Å². The van der Waals surface area contributed by atoms with E-state index in [1.54, 1.807) is 6.92 Å². The lowest BCUT2D eigenvalue weighted by Crippen LogP contribution is -2.22. The molecule has 1 fully saturated rings. The van der Waals surface area contributed by atoms with Crippen LogP contribution in [0.3, 0.4) is 0 Å². The second-order valence-electron chi connectivity index (χ2n) is 4.43. The highest BCUT2D eigenvalue weighted by Crippen LogP contribution is 2.34. The Labute approximate surface area is 93.6 Å². The van der Waals surface area contributed by atoms with Gasteiger partial charge in [0.05, 0.1) is 5.75 Å². The van der Waals surface area contributed by atoms with Crippen LogP contribution >= 0.6 is 0 Å². The maximum Gasteiger partial charge on any atom is 0.150 e. The lowest BCUT2D eigenvalue weighted by Gasteiger charge is -2.04. The number of hydrogen-bond acceptors (Lipinski definition) is 3. The minimum Gasteiger partial charge on any atom is -0.314 e. The average molecular weight is 233 g/mol. The fourth-order valence-corrected chi connectivity index (χ4v) is 2.78. The van der Waals surface area contributed by atoms with Gasteiger partial charge in [0.25, 0.3) is 0 Å². The van der Waals surface area contributed by atoms with Crippen LogP contribution in [0.1, 0.15) is 39.5 Å². The fraction of sp³-hybridized carbons (Fsp3) is 1.00. The van der Waals surface area contributed by atoms with Gasteiger partial charge in [-0.1, -0.05) is 20.3 Å². The van der Waals surface area contributed by atoms with Crippen LogP contribution in [-0.2, 0) is 9.84 Å². The van der Waals surface area contributed by atoms with E-state index < -0.39 is 9.84 Å². The standard InChI is InChI=1S/C11H23NO2S/c1-3-6-10-9-11(10)12-7-5-8-15(13,14)4-2/h10-12H,3-9H2,1-2H3. The molecular formula is C11H23NO2S. The SMILES string of the molecule is CCCC1CC1NCCCS(=O)(=O)CC. The number of rotatable bonds is 8. The van der Waals surface area contributed by atoms with Crippen LogP contribution < -0.4 is 5.32 Å². The highest BCUT2D eigenvalue weighted by atomic mass is 32.2. The molecule has 0 saturated heterocycles. The Morgan fingerprint density at radius 2 is 2.07 bits per heavy atom. The molecule has 0 bridgehead atoms. The zero-order valence-corrected chi connectivity index (χ0v) is 10.6. The molecule has 3 nitrogen and oxygen atoms in total. The summed E-state index contributed by atoms with van der Waals surface area (Å²) in [5.74, 6) is 1.47. The predicted molar refractivity (Wildman–Crippen MR) is 63.8 cm³/mol. The molecule has 90 valence electrons. The molecule has 0 aromatic carbocycles. The molecule has 0 heterocycles. The minimum atomic E-state index is -2.76. The van der Waals surface area contributed by atoms with Crippen molar-refractivity contribution in [2.45, 2.75) is 45.6 Å². The molecule has 1 aliphatic carbocycles.